The van der Waals surface area contributed by atoms with Crippen LogP contribution in [0.2, 0.25) is 0 Å². The molecule has 0 unspecified atom stereocenters. The Morgan fingerprint density at radius 3 is 0.522 bits per heavy atom. The fourth-order valence-electron chi connectivity index (χ4n) is 9.97. The molecule has 18 bridgehead atoms. The van der Waals surface area contributed by atoms with Gasteiger partial charge in [-0.15, -0.1) is 70.6 Å². The van der Waals surface area contributed by atoms with Crippen molar-refractivity contribution in [2.75, 3.05) is 77.2 Å². The lowest BCUT2D eigenvalue weighted by Crippen LogP contribution is -2.09. The molecular formula is C57H60O6S6. The molecule has 12 heterocycles. The maximum atomic E-state index is 6.75. The second-order valence-electron chi connectivity index (χ2n) is 17.8. The molecule has 12 heteroatoms. The van der Waals surface area contributed by atoms with Crippen molar-refractivity contribution in [1.82, 2.24) is 0 Å². The lowest BCUT2D eigenvalue weighted by atomic mass is 9.94. The highest BCUT2D eigenvalue weighted by molar-refractivity contribution is 7.99. The smallest absolute Gasteiger partial charge is 0.133 e. The third-order valence-corrected chi connectivity index (χ3v) is 18.2. The van der Waals surface area contributed by atoms with Crippen LogP contribution in [0.25, 0.3) is 0 Å². The van der Waals surface area contributed by atoms with Crippen LogP contribution in [0.4, 0.5) is 0 Å². The first-order valence-corrected chi connectivity index (χ1v) is 31.2. The van der Waals surface area contributed by atoms with E-state index in [9.17, 15) is 0 Å². The molecule has 20 rings (SSSR count). The van der Waals surface area contributed by atoms with E-state index >= 15 is 0 Å². The second-order valence-corrected chi connectivity index (χ2v) is 22.9. The quantitative estimate of drug-likeness (QED) is 0.149. The van der Waals surface area contributed by atoms with E-state index in [0.29, 0.717) is 39.6 Å². The van der Waals surface area contributed by atoms with E-state index in [4.69, 9.17) is 28.4 Å². The molecule has 0 radical (unpaired) electrons. The average molecular weight is 1030 g/mol. The van der Waals surface area contributed by atoms with Crippen molar-refractivity contribution in [3.63, 3.8) is 0 Å². The summed E-state index contributed by atoms with van der Waals surface area (Å²) in [7, 11) is 0. The summed E-state index contributed by atoms with van der Waals surface area (Å²) in [6.45, 7) is 3.31. The molecule has 0 fully saturated rings. The van der Waals surface area contributed by atoms with Gasteiger partial charge in [0.2, 0.25) is 0 Å². The number of benzene rings is 6. The maximum absolute atomic E-state index is 6.75. The van der Waals surface area contributed by atoms with Gasteiger partial charge in [-0.25, -0.2) is 0 Å². The van der Waals surface area contributed by atoms with E-state index in [1.165, 1.54) is 66.8 Å². The Labute approximate surface area is 434 Å². The Kier molecular flexibility index (Phi) is 15.8. The molecule has 2 aliphatic carbocycles. The normalized spacial score (nSPS) is 15.6. The van der Waals surface area contributed by atoms with E-state index in [0.717, 1.165) is 122 Å². The van der Waals surface area contributed by atoms with E-state index < -0.39 is 0 Å². The zero-order valence-corrected chi connectivity index (χ0v) is 45.3. The Balaban J connectivity index is 1.15. The van der Waals surface area contributed by atoms with Crippen LogP contribution >= 0.6 is 70.6 Å². The Bertz CT molecular complexity index is 2380. The van der Waals surface area contributed by atoms with E-state index in [2.05, 4.69) is 110 Å². The predicted octanol–water partition coefficient (Wildman–Crippen LogP) is 14.4. The molecule has 6 nitrogen and oxygen atoms in total. The van der Waals surface area contributed by atoms with Gasteiger partial charge in [0.25, 0.3) is 0 Å². The maximum Gasteiger partial charge on any atom is 0.133 e. The fraction of sp³-hybridized carbons (Fsp3) is 0.368. The summed E-state index contributed by atoms with van der Waals surface area (Å²) in [5.74, 6) is 5.60. The zero-order valence-electron chi connectivity index (χ0n) is 40.4. The van der Waals surface area contributed by atoms with E-state index in [-0.39, 0.29) is 0 Å². The Morgan fingerprint density at radius 1 is 0.232 bits per heavy atom. The first-order chi connectivity index (χ1) is 33.8. The molecule has 12 aliphatic heterocycles. The second kappa shape index (κ2) is 22.3. The summed E-state index contributed by atoms with van der Waals surface area (Å²) in [4.78, 5) is 6.90. The molecule has 0 spiro atoms. The van der Waals surface area contributed by atoms with Gasteiger partial charge >= 0.3 is 0 Å². The summed E-state index contributed by atoms with van der Waals surface area (Å²) >= 11 is 10.5. The molecule has 6 aromatic carbocycles. The van der Waals surface area contributed by atoms with Crippen molar-refractivity contribution in [3.8, 4) is 34.5 Å². The van der Waals surface area contributed by atoms with Crippen LogP contribution in [-0.2, 0) is 38.5 Å². The SMILES string of the molecule is CSc1cc2c3cc1OCCCOc1cc4c(cc1SC)Cc1cc5c(SC)cc1Cc1cc(c(SC)cc1C4)OCCCOc1cc(c(cc1SC)Cc1cc(c(SC)cc1C3)OCCCO5)C2. The zero-order chi connectivity index (χ0) is 47.4. The van der Waals surface area contributed by atoms with Crippen molar-refractivity contribution >= 4 is 70.6 Å². The van der Waals surface area contributed by atoms with Crippen LogP contribution in [0.3, 0.4) is 0 Å². The molecule has 0 saturated heterocycles. The van der Waals surface area contributed by atoms with Gasteiger partial charge in [0.15, 0.2) is 0 Å². The lowest BCUT2D eigenvalue weighted by molar-refractivity contribution is 0.241. The van der Waals surface area contributed by atoms with Gasteiger partial charge < -0.3 is 28.4 Å². The van der Waals surface area contributed by atoms with Crippen molar-refractivity contribution in [2.24, 2.45) is 0 Å². The standard InChI is InChI=1S/C57H60O6S6/c1-64-52-28-40-16-35-23-47-54(66-3)30-42(35)18-36-24-49-53(65-2)29-41(36)17-34(40)22-46(52)58-10-7-11-59-48-25-37-19-44-32-56(68-5)50(62-13-8-12-60-47)27-39(44)21-45-33-57(69-6)51(63-15-9-14-61-49)26-38(45)20-43(37)31-55(48)67-4/h22-33H,7-21H2,1-6H3. The predicted molar refractivity (Wildman–Crippen MR) is 293 cm³/mol. The summed E-state index contributed by atoms with van der Waals surface area (Å²) in [6.07, 6.45) is 20.0. The molecule has 360 valence electrons. The van der Waals surface area contributed by atoms with Crippen molar-refractivity contribution in [3.05, 3.63) is 140 Å². The molecule has 0 atom stereocenters. The monoisotopic (exact) mass is 1030 g/mol. The van der Waals surface area contributed by atoms with Gasteiger partial charge in [-0.3, -0.25) is 0 Å². The minimum absolute atomic E-state index is 0.551. The third-order valence-electron chi connectivity index (χ3n) is 13.6. The molecule has 0 saturated carbocycles. The van der Waals surface area contributed by atoms with Gasteiger partial charge in [0, 0.05) is 48.6 Å². The van der Waals surface area contributed by atoms with Crippen LogP contribution in [0, 0.1) is 0 Å². The number of thioether (sulfide) groups is 6. The fourth-order valence-corrected chi connectivity index (χ4v) is 13.4. The summed E-state index contributed by atoms with van der Waals surface area (Å²) in [5.41, 5.74) is 15.6. The molecule has 0 amide bonds. The molecular weight excluding hydrogens is 973 g/mol. The number of hydrogen-bond acceptors (Lipinski definition) is 12. The molecule has 0 N–H and O–H groups in total. The minimum Gasteiger partial charge on any atom is -0.492 e. The van der Waals surface area contributed by atoms with Crippen LogP contribution in [-0.4, -0.2) is 77.2 Å². The van der Waals surface area contributed by atoms with Crippen molar-refractivity contribution < 1.29 is 28.4 Å². The van der Waals surface area contributed by atoms with Gasteiger partial charge in [0.1, 0.15) is 34.5 Å². The van der Waals surface area contributed by atoms with Crippen LogP contribution in [0.15, 0.2) is 102 Å². The molecule has 6 aromatic rings. The van der Waals surface area contributed by atoms with Gasteiger partial charge in [-0.2, -0.15) is 0 Å². The van der Waals surface area contributed by atoms with E-state index in [1.54, 1.807) is 70.6 Å². The number of ether oxygens (including phenoxy) is 6. The first-order valence-electron chi connectivity index (χ1n) is 23.8. The minimum atomic E-state index is 0.551. The van der Waals surface area contributed by atoms with Crippen molar-refractivity contribution in [1.29, 1.82) is 0 Å². The number of hydrogen-bond donors (Lipinski definition) is 0. The van der Waals surface area contributed by atoms with Gasteiger partial charge in [0.05, 0.1) is 39.6 Å². The van der Waals surface area contributed by atoms with Crippen molar-refractivity contribution in [2.45, 2.75) is 87.2 Å². The highest BCUT2D eigenvalue weighted by Crippen LogP contribution is 2.44. The van der Waals surface area contributed by atoms with Crippen LogP contribution in [0.5, 0.6) is 34.5 Å². The molecule has 14 aliphatic rings. The van der Waals surface area contributed by atoms with Gasteiger partial charge in [-0.05, 0) is 216 Å². The summed E-state index contributed by atoms with van der Waals surface area (Å²) in [6, 6.07) is 28.2. The topological polar surface area (TPSA) is 55.4 Å². The van der Waals surface area contributed by atoms with Crippen LogP contribution < -0.4 is 28.4 Å². The van der Waals surface area contributed by atoms with Crippen LogP contribution in [0.1, 0.15) is 86.0 Å². The largest absolute Gasteiger partial charge is 0.492 e. The highest BCUT2D eigenvalue weighted by Gasteiger charge is 2.25. The first kappa shape index (κ1) is 48.8. The van der Waals surface area contributed by atoms with Gasteiger partial charge in [-0.1, -0.05) is 0 Å². The Morgan fingerprint density at radius 2 is 0.377 bits per heavy atom. The molecule has 69 heavy (non-hydrogen) atoms. The highest BCUT2D eigenvalue weighted by atomic mass is 32.2. The summed E-state index contributed by atoms with van der Waals surface area (Å²) < 4.78 is 40.5. The number of rotatable bonds is 6. The third kappa shape index (κ3) is 10.7. The van der Waals surface area contributed by atoms with E-state index in [1.807, 2.05) is 0 Å². The average Bonchev–Trinajstić information content (AvgIpc) is 3.45. The molecule has 0 aromatic heterocycles. The Hall–Kier alpha value is -3.78. The summed E-state index contributed by atoms with van der Waals surface area (Å²) in [5, 5.41) is 0. The lowest BCUT2D eigenvalue weighted by Gasteiger charge is -2.19.